The van der Waals surface area contributed by atoms with Crippen LogP contribution in [0.25, 0.3) is 0 Å². The second kappa shape index (κ2) is 4.89. The van der Waals surface area contributed by atoms with Crippen molar-refractivity contribution in [2.24, 2.45) is 5.92 Å². The second-order valence-electron chi connectivity index (χ2n) is 4.21. The molecule has 1 fully saturated rings. The molecule has 14 heavy (non-hydrogen) atoms. The van der Waals surface area contributed by atoms with Gasteiger partial charge in [-0.3, -0.25) is 4.98 Å². The number of thiazole rings is 1. The molecule has 1 aliphatic carbocycles. The van der Waals surface area contributed by atoms with Gasteiger partial charge < -0.3 is 5.11 Å². The van der Waals surface area contributed by atoms with Crippen molar-refractivity contribution in [3.63, 3.8) is 0 Å². The summed E-state index contributed by atoms with van der Waals surface area (Å²) in [4.78, 5) is 5.45. The summed E-state index contributed by atoms with van der Waals surface area (Å²) in [5.74, 6) is 0.674. The predicted molar refractivity (Wildman–Crippen MR) is 58.4 cm³/mol. The fourth-order valence-electron chi connectivity index (χ4n) is 2.25. The van der Waals surface area contributed by atoms with Crippen LogP contribution in [0.2, 0.25) is 0 Å². The maximum absolute atomic E-state index is 9.68. The number of aliphatic hydroxyl groups excluding tert-OH is 1. The van der Waals surface area contributed by atoms with E-state index in [-0.39, 0.29) is 6.10 Å². The van der Waals surface area contributed by atoms with E-state index in [0.717, 1.165) is 19.3 Å². The van der Waals surface area contributed by atoms with Crippen LogP contribution in [0.15, 0.2) is 11.7 Å². The molecule has 0 radical (unpaired) electrons. The Hall–Kier alpha value is -0.410. The van der Waals surface area contributed by atoms with E-state index in [4.69, 9.17) is 0 Å². The van der Waals surface area contributed by atoms with Crippen molar-refractivity contribution in [1.82, 2.24) is 4.98 Å². The van der Waals surface area contributed by atoms with E-state index in [2.05, 4.69) is 4.98 Å². The molecule has 1 aliphatic rings. The van der Waals surface area contributed by atoms with Crippen LogP contribution < -0.4 is 0 Å². The smallest absolute Gasteiger partial charge is 0.0794 e. The zero-order valence-electron chi connectivity index (χ0n) is 8.35. The number of hydrogen-bond donors (Lipinski definition) is 1. The lowest BCUT2D eigenvalue weighted by molar-refractivity contribution is 0.141. The molecule has 0 aromatic carbocycles. The molecule has 3 heteroatoms. The number of aromatic nitrogens is 1. The van der Waals surface area contributed by atoms with Crippen molar-refractivity contribution < 1.29 is 5.11 Å². The van der Waals surface area contributed by atoms with Crippen LogP contribution in [0.1, 0.15) is 37.0 Å². The Morgan fingerprint density at radius 2 is 2.29 bits per heavy atom. The fourth-order valence-corrected chi connectivity index (χ4v) is 2.96. The predicted octanol–water partition coefficient (Wildman–Crippen LogP) is 2.63. The topological polar surface area (TPSA) is 33.1 Å². The van der Waals surface area contributed by atoms with Gasteiger partial charge in [0.05, 0.1) is 11.6 Å². The first-order chi connectivity index (χ1) is 6.84. The van der Waals surface area contributed by atoms with E-state index in [1.54, 1.807) is 11.3 Å². The van der Waals surface area contributed by atoms with Gasteiger partial charge >= 0.3 is 0 Å². The molecule has 1 heterocycles. The maximum atomic E-state index is 9.68. The summed E-state index contributed by atoms with van der Waals surface area (Å²) in [6.45, 7) is 0. The molecule has 0 amide bonds. The molecule has 0 saturated heterocycles. The normalized spacial score (nSPS) is 28.6. The molecule has 2 unspecified atom stereocenters. The molecule has 0 spiro atoms. The van der Waals surface area contributed by atoms with Crippen molar-refractivity contribution in [3.8, 4) is 0 Å². The van der Waals surface area contributed by atoms with Crippen LogP contribution in [-0.4, -0.2) is 16.2 Å². The van der Waals surface area contributed by atoms with Crippen LogP contribution in [0.3, 0.4) is 0 Å². The third-order valence-electron chi connectivity index (χ3n) is 2.98. The number of nitrogens with zero attached hydrogens (tertiary/aromatic N) is 1. The van der Waals surface area contributed by atoms with Gasteiger partial charge in [0.1, 0.15) is 0 Å². The molecule has 1 saturated carbocycles. The van der Waals surface area contributed by atoms with Crippen molar-refractivity contribution in [3.05, 3.63) is 16.6 Å². The Kier molecular flexibility index (Phi) is 3.54. The average Bonchev–Trinajstić information content (AvgIpc) is 2.56. The zero-order valence-corrected chi connectivity index (χ0v) is 9.17. The van der Waals surface area contributed by atoms with Crippen LogP contribution in [-0.2, 0) is 6.42 Å². The SMILES string of the molecule is OC1CCCCC(Cc2cncs2)C1. The quantitative estimate of drug-likeness (QED) is 0.763. The van der Waals surface area contributed by atoms with Crippen LogP contribution >= 0.6 is 11.3 Å². The minimum absolute atomic E-state index is 0.0598. The maximum Gasteiger partial charge on any atom is 0.0794 e. The summed E-state index contributed by atoms with van der Waals surface area (Å²) < 4.78 is 0. The standard InChI is InChI=1S/C11H17NOS/c13-10-4-2-1-3-9(5-10)6-11-7-12-8-14-11/h7-10,13H,1-6H2. The molecule has 0 aliphatic heterocycles. The molecule has 2 nitrogen and oxygen atoms in total. The van der Waals surface area contributed by atoms with E-state index >= 15 is 0 Å². The summed E-state index contributed by atoms with van der Waals surface area (Å²) >= 11 is 1.73. The molecule has 78 valence electrons. The van der Waals surface area contributed by atoms with Gasteiger partial charge in [-0.1, -0.05) is 19.3 Å². The fraction of sp³-hybridized carbons (Fsp3) is 0.727. The minimum Gasteiger partial charge on any atom is -0.393 e. The van der Waals surface area contributed by atoms with E-state index in [9.17, 15) is 5.11 Å². The highest BCUT2D eigenvalue weighted by atomic mass is 32.1. The summed E-state index contributed by atoms with van der Waals surface area (Å²) in [7, 11) is 0. The van der Waals surface area contributed by atoms with E-state index in [1.165, 1.54) is 24.1 Å². The first kappa shape index (κ1) is 10.1. The third-order valence-corrected chi connectivity index (χ3v) is 3.78. The van der Waals surface area contributed by atoms with Crippen LogP contribution in [0, 0.1) is 5.92 Å². The highest BCUT2D eigenvalue weighted by Gasteiger charge is 2.18. The lowest BCUT2D eigenvalue weighted by atomic mass is 9.95. The molecule has 0 bridgehead atoms. The van der Waals surface area contributed by atoms with Crippen molar-refractivity contribution in [2.45, 2.75) is 44.6 Å². The minimum atomic E-state index is -0.0598. The van der Waals surface area contributed by atoms with Crippen molar-refractivity contribution >= 4 is 11.3 Å². The summed E-state index contributed by atoms with van der Waals surface area (Å²) in [5, 5.41) is 9.68. The molecular weight excluding hydrogens is 194 g/mol. The van der Waals surface area contributed by atoms with Gasteiger partial charge in [0.2, 0.25) is 0 Å². The zero-order chi connectivity index (χ0) is 9.80. The van der Waals surface area contributed by atoms with Gasteiger partial charge in [0.25, 0.3) is 0 Å². The number of rotatable bonds is 2. The average molecular weight is 211 g/mol. The lowest BCUT2D eigenvalue weighted by Gasteiger charge is -2.14. The summed E-state index contributed by atoms with van der Waals surface area (Å²) in [6, 6.07) is 0. The van der Waals surface area contributed by atoms with Crippen molar-refractivity contribution in [2.75, 3.05) is 0 Å². The lowest BCUT2D eigenvalue weighted by Crippen LogP contribution is -2.12. The Balaban J connectivity index is 1.90. The Bertz CT molecular complexity index is 260. The van der Waals surface area contributed by atoms with E-state index in [0.29, 0.717) is 5.92 Å². The van der Waals surface area contributed by atoms with Crippen LogP contribution in [0.4, 0.5) is 0 Å². The van der Waals surface area contributed by atoms with Gasteiger partial charge in [0, 0.05) is 11.1 Å². The Labute approximate surface area is 89.0 Å². The first-order valence-electron chi connectivity index (χ1n) is 5.40. The molecular formula is C11H17NOS. The number of aliphatic hydroxyl groups is 1. The van der Waals surface area contributed by atoms with E-state index in [1.807, 2.05) is 11.7 Å². The molecule has 1 aromatic rings. The molecule has 2 rings (SSSR count). The van der Waals surface area contributed by atoms with Gasteiger partial charge in [-0.05, 0) is 25.2 Å². The number of hydrogen-bond acceptors (Lipinski definition) is 3. The highest BCUT2D eigenvalue weighted by Crippen LogP contribution is 2.27. The first-order valence-corrected chi connectivity index (χ1v) is 6.28. The van der Waals surface area contributed by atoms with Gasteiger partial charge in [-0.15, -0.1) is 11.3 Å². The summed E-state index contributed by atoms with van der Waals surface area (Å²) in [5.41, 5.74) is 1.89. The summed E-state index contributed by atoms with van der Waals surface area (Å²) in [6.07, 6.45) is 8.74. The van der Waals surface area contributed by atoms with Gasteiger partial charge in [-0.2, -0.15) is 0 Å². The third kappa shape index (κ3) is 2.79. The van der Waals surface area contributed by atoms with Crippen molar-refractivity contribution in [1.29, 1.82) is 0 Å². The Morgan fingerprint density at radius 3 is 3.07 bits per heavy atom. The second-order valence-corrected chi connectivity index (χ2v) is 5.18. The van der Waals surface area contributed by atoms with Gasteiger partial charge in [-0.25, -0.2) is 0 Å². The van der Waals surface area contributed by atoms with E-state index < -0.39 is 0 Å². The van der Waals surface area contributed by atoms with Crippen LogP contribution in [0.5, 0.6) is 0 Å². The van der Waals surface area contributed by atoms with Gasteiger partial charge in [0.15, 0.2) is 0 Å². The molecule has 2 atom stereocenters. The Morgan fingerprint density at radius 1 is 1.43 bits per heavy atom. The highest BCUT2D eigenvalue weighted by molar-refractivity contribution is 7.09. The molecule has 1 N–H and O–H groups in total. The molecule has 1 aromatic heterocycles. The monoisotopic (exact) mass is 211 g/mol. The largest absolute Gasteiger partial charge is 0.393 e.